The quantitative estimate of drug-likeness (QED) is 0.705. The molecule has 1 heterocycles. The monoisotopic (exact) mass is 426 g/mol. The molecule has 0 spiro atoms. The molecule has 7 nitrogen and oxygen atoms in total. The summed E-state index contributed by atoms with van der Waals surface area (Å²) in [6, 6.07) is 5.36. The minimum absolute atomic E-state index is 0.0391. The number of rotatable bonds is 6. The van der Waals surface area contributed by atoms with Gasteiger partial charge >= 0.3 is 0 Å². The largest absolute Gasteiger partial charge is 0.273 e. The normalized spacial score (nSPS) is 21.6. The van der Waals surface area contributed by atoms with Gasteiger partial charge in [-0.3, -0.25) is 4.79 Å². The summed E-state index contributed by atoms with van der Waals surface area (Å²) in [6.07, 6.45) is 7.28. The number of hydrogen-bond donors (Lipinski definition) is 1. The maximum absolute atomic E-state index is 12.5. The number of benzene rings is 1. The fraction of sp³-hybridized carbons (Fsp3) is 0.526. The minimum atomic E-state index is -3.76. The van der Waals surface area contributed by atoms with E-state index < -0.39 is 31.4 Å². The van der Waals surface area contributed by atoms with Crippen LogP contribution in [0.1, 0.15) is 46.0 Å². The van der Waals surface area contributed by atoms with Crippen molar-refractivity contribution in [1.29, 1.82) is 0 Å². The lowest BCUT2D eigenvalue weighted by Gasteiger charge is -2.18. The van der Waals surface area contributed by atoms with Crippen molar-refractivity contribution in [2.45, 2.75) is 50.8 Å². The van der Waals surface area contributed by atoms with Crippen LogP contribution in [-0.2, 0) is 24.8 Å². The molecule has 0 bridgehead atoms. The average molecular weight is 427 g/mol. The molecule has 1 fully saturated rings. The highest BCUT2D eigenvalue weighted by molar-refractivity contribution is 7.94. The number of sulfonamides is 2. The van der Waals surface area contributed by atoms with Crippen molar-refractivity contribution in [2.75, 3.05) is 16.6 Å². The SMILES string of the molecule is CC1(C)CS(=O)(=O)N(c2ccc(S(=O)(=O)NCCC3=CCCCC3)cc2)C1=O. The Morgan fingerprint density at radius 2 is 1.82 bits per heavy atom. The van der Waals surface area contributed by atoms with Crippen LogP contribution in [0.25, 0.3) is 0 Å². The third-order valence-electron chi connectivity index (χ3n) is 5.09. The number of nitrogens with zero attached hydrogens (tertiary/aromatic N) is 1. The van der Waals surface area contributed by atoms with Gasteiger partial charge < -0.3 is 0 Å². The molecule has 1 aliphatic heterocycles. The zero-order valence-electron chi connectivity index (χ0n) is 16.1. The number of anilines is 1. The van der Waals surface area contributed by atoms with Gasteiger partial charge in [0.2, 0.25) is 26.0 Å². The van der Waals surface area contributed by atoms with Crippen molar-refractivity contribution in [3.8, 4) is 0 Å². The maximum Gasteiger partial charge on any atom is 0.247 e. The van der Waals surface area contributed by atoms with Gasteiger partial charge in [-0.2, -0.15) is 0 Å². The van der Waals surface area contributed by atoms with Gasteiger partial charge in [-0.05, 0) is 70.2 Å². The summed E-state index contributed by atoms with van der Waals surface area (Å²) >= 11 is 0. The Morgan fingerprint density at radius 3 is 2.36 bits per heavy atom. The maximum atomic E-state index is 12.5. The molecule has 1 N–H and O–H groups in total. The highest BCUT2D eigenvalue weighted by atomic mass is 32.2. The van der Waals surface area contributed by atoms with E-state index in [4.69, 9.17) is 0 Å². The van der Waals surface area contributed by atoms with Crippen LogP contribution in [0.2, 0.25) is 0 Å². The number of allylic oxidation sites excluding steroid dienone is 1. The second-order valence-corrected chi connectivity index (χ2v) is 11.5. The summed E-state index contributed by atoms with van der Waals surface area (Å²) < 4.78 is 53.0. The molecule has 9 heteroatoms. The second-order valence-electron chi connectivity index (χ2n) is 7.96. The summed E-state index contributed by atoms with van der Waals surface area (Å²) in [5.74, 6) is -0.780. The summed E-state index contributed by atoms with van der Waals surface area (Å²) in [5, 5.41) is 0. The summed E-state index contributed by atoms with van der Waals surface area (Å²) in [4.78, 5) is 12.5. The van der Waals surface area contributed by atoms with Crippen molar-refractivity contribution in [2.24, 2.45) is 5.41 Å². The number of amides is 1. The van der Waals surface area contributed by atoms with Crippen molar-refractivity contribution >= 4 is 31.6 Å². The van der Waals surface area contributed by atoms with Crippen LogP contribution in [0, 0.1) is 5.41 Å². The number of hydrogen-bond acceptors (Lipinski definition) is 5. The van der Waals surface area contributed by atoms with Gasteiger partial charge in [-0.1, -0.05) is 11.6 Å². The fourth-order valence-electron chi connectivity index (χ4n) is 3.58. The van der Waals surface area contributed by atoms with Crippen molar-refractivity contribution in [3.63, 3.8) is 0 Å². The van der Waals surface area contributed by atoms with E-state index in [0.717, 1.165) is 23.6 Å². The third-order valence-corrected chi connectivity index (χ3v) is 8.59. The molecule has 1 aliphatic carbocycles. The van der Waals surface area contributed by atoms with Crippen LogP contribution in [0.4, 0.5) is 5.69 Å². The van der Waals surface area contributed by atoms with Crippen LogP contribution in [-0.4, -0.2) is 35.0 Å². The van der Waals surface area contributed by atoms with E-state index in [9.17, 15) is 21.6 Å². The van der Waals surface area contributed by atoms with E-state index in [2.05, 4.69) is 10.8 Å². The topological polar surface area (TPSA) is 101 Å². The number of carbonyl (C=O) groups is 1. The van der Waals surface area contributed by atoms with Gasteiger partial charge in [-0.25, -0.2) is 25.9 Å². The molecule has 154 valence electrons. The van der Waals surface area contributed by atoms with Gasteiger partial charge in [0, 0.05) is 6.54 Å². The summed E-state index contributed by atoms with van der Waals surface area (Å²) in [5.41, 5.74) is 0.436. The standard InChI is InChI=1S/C19H26N2O5S2/c1-19(2)14-27(23,24)21(18(19)22)16-8-10-17(11-9-16)28(25,26)20-13-12-15-6-4-3-5-7-15/h6,8-11,20H,3-5,7,12-14H2,1-2H3. The molecule has 3 rings (SSSR count). The Hall–Kier alpha value is -1.71. The van der Waals surface area contributed by atoms with Crippen LogP contribution in [0.15, 0.2) is 40.8 Å². The first-order chi connectivity index (χ1) is 13.0. The fourth-order valence-corrected chi connectivity index (χ4v) is 6.72. The van der Waals surface area contributed by atoms with E-state index in [1.165, 1.54) is 36.3 Å². The Morgan fingerprint density at radius 1 is 1.14 bits per heavy atom. The van der Waals surface area contributed by atoms with E-state index in [-0.39, 0.29) is 16.3 Å². The lowest BCUT2D eigenvalue weighted by atomic mass is 9.95. The molecule has 0 atom stereocenters. The van der Waals surface area contributed by atoms with Crippen molar-refractivity contribution in [1.82, 2.24) is 4.72 Å². The lowest BCUT2D eigenvalue weighted by molar-refractivity contribution is -0.123. The minimum Gasteiger partial charge on any atom is -0.273 e. The van der Waals surface area contributed by atoms with Gasteiger partial charge in [0.15, 0.2) is 0 Å². The van der Waals surface area contributed by atoms with Gasteiger partial charge in [0.05, 0.1) is 21.8 Å². The zero-order valence-corrected chi connectivity index (χ0v) is 17.8. The average Bonchev–Trinajstić information content (AvgIpc) is 2.78. The third kappa shape index (κ3) is 4.31. The van der Waals surface area contributed by atoms with Crippen LogP contribution >= 0.6 is 0 Å². The Labute approximate surface area is 166 Å². The lowest BCUT2D eigenvalue weighted by Crippen LogP contribution is -2.33. The van der Waals surface area contributed by atoms with Gasteiger partial charge in [0.1, 0.15) is 0 Å². The van der Waals surface area contributed by atoms with E-state index in [1.54, 1.807) is 13.8 Å². The molecule has 0 saturated carbocycles. The van der Waals surface area contributed by atoms with E-state index >= 15 is 0 Å². The molecule has 1 amide bonds. The Bertz CT molecular complexity index is 993. The van der Waals surface area contributed by atoms with Crippen molar-refractivity contribution in [3.05, 3.63) is 35.9 Å². The van der Waals surface area contributed by atoms with Crippen molar-refractivity contribution < 1.29 is 21.6 Å². The Kier molecular flexibility index (Phi) is 5.71. The predicted molar refractivity (Wildman–Crippen MR) is 108 cm³/mol. The van der Waals surface area contributed by atoms with E-state index in [1.807, 2.05) is 0 Å². The molecule has 1 aromatic carbocycles. The van der Waals surface area contributed by atoms with Gasteiger partial charge in [0.25, 0.3) is 0 Å². The molecule has 0 unspecified atom stereocenters. The van der Waals surface area contributed by atoms with Crippen LogP contribution in [0.5, 0.6) is 0 Å². The molecule has 1 aromatic rings. The molecular formula is C19H26N2O5S2. The first kappa shape index (κ1) is 21.0. The zero-order chi connectivity index (χ0) is 20.6. The molecule has 1 saturated heterocycles. The van der Waals surface area contributed by atoms with E-state index in [0.29, 0.717) is 13.0 Å². The number of nitrogens with one attached hydrogen (secondary N) is 1. The summed E-state index contributed by atoms with van der Waals surface area (Å²) in [6.45, 7) is 3.48. The predicted octanol–water partition coefficient (Wildman–Crippen LogP) is 2.56. The molecule has 0 radical (unpaired) electrons. The van der Waals surface area contributed by atoms with Crippen LogP contribution in [0.3, 0.4) is 0 Å². The smallest absolute Gasteiger partial charge is 0.247 e. The highest BCUT2D eigenvalue weighted by Gasteiger charge is 2.49. The number of carbonyl (C=O) groups excluding carboxylic acids is 1. The van der Waals surface area contributed by atoms with Gasteiger partial charge in [-0.15, -0.1) is 0 Å². The first-order valence-corrected chi connectivity index (χ1v) is 12.5. The van der Waals surface area contributed by atoms with Crippen LogP contribution < -0.4 is 9.03 Å². The second kappa shape index (κ2) is 7.61. The first-order valence-electron chi connectivity index (χ1n) is 9.38. The summed E-state index contributed by atoms with van der Waals surface area (Å²) in [7, 11) is -7.46. The highest BCUT2D eigenvalue weighted by Crippen LogP contribution is 2.35. The Balaban J connectivity index is 1.71. The molecular weight excluding hydrogens is 400 g/mol. The molecule has 0 aromatic heterocycles. The molecule has 28 heavy (non-hydrogen) atoms. The molecule has 2 aliphatic rings.